The fraction of sp³-hybridized carbons (Fsp3) is 0.688. The Balaban J connectivity index is 0.00000161. The van der Waals surface area contributed by atoms with Crippen molar-refractivity contribution < 1.29 is 4.79 Å². The fourth-order valence-corrected chi connectivity index (χ4v) is 4.39. The topological polar surface area (TPSA) is 32.3 Å². The molecule has 1 amide bonds. The van der Waals surface area contributed by atoms with Crippen LogP contribution in [0.5, 0.6) is 0 Å². The van der Waals surface area contributed by atoms with Crippen molar-refractivity contribution in [2.75, 3.05) is 6.54 Å². The SMILES string of the molecule is CCN(Cc1cccs1)C(=O)C1CC2CCCCC2N1.Cl. The molecule has 2 aliphatic rings. The highest BCUT2D eigenvalue weighted by atomic mass is 35.5. The predicted molar refractivity (Wildman–Crippen MR) is 89.9 cm³/mol. The second kappa shape index (κ2) is 7.61. The first-order valence-electron chi connectivity index (χ1n) is 7.85. The first kappa shape index (κ1) is 16.8. The number of fused-ring (bicyclic) bond motifs is 1. The largest absolute Gasteiger partial charge is 0.336 e. The third kappa shape index (κ3) is 3.79. The van der Waals surface area contributed by atoms with Crippen LogP contribution in [-0.2, 0) is 11.3 Å². The molecule has 0 spiro atoms. The molecule has 3 unspecified atom stereocenters. The lowest BCUT2D eigenvalue weighted by Crippen LogP contribution is -2.45. The predicted octanol–water partition coefficient (Wildman–Crippen LogP) is 3.44. The Morgan fingerprint density at radius 3 is 2.90 bits per heavy atom. The molecule has 21 heavy (non-hydrogen) atoms. The average Bonchev–Trinajstić information content (AvgIpc) is 3.12. The van der Waals surface area contributed by atoms with Gasteiger partial charge in [0.15, 0.2) is 0 Å². The Bertz CT molecular complexity index is 437. The second-order valence-electron chi connectivity index (χ2n) is 6.04. The van der Waals surface area contributed by atoms with Crippen molar-refractivity contribution in [3.8, 4) is 0 Å². The smallest absolute Gasteiger partial charge is 0.240 e. The molecule has 1 saturated heterocycles. The summed E-state index contributed by atoms with van der Waals surface area (Å²) < 4.78 is 0. The lowest BCUT2D eigenvalue weighted by atomic mass is 9.85. The molecule has 0 aromatic carbocycles. The van der Waals surface area contributed by atoms with E-state index in [1.807, 2.05) is 4.90 Å². The van der Waals surface area contributed by atoms with Gasteiger partial charge in [-0.15, -0.1) is 23.7 Å². The molecule has 3 rings (SSSR count). The van der Waals surface area contributed by atoms with Crippen LogP contribution >= 0.6 is 23.7 Å². The van der Waals surface area contributed by atoms with E-state index < -0.39 is 0 Å². The van der Waals surface area contributed by atoms with Crippen molar-refractivity contribution in [1.29, 1.82) is 0 Å². The normalized spacial score (nSPS) is 27.8. The zero-order valence-corrected chi connectivity index (χ0v) is 14.2. The molecular weight excluding hydrogens is 304 g/mol. The number of carbonyl (C=O) groups excluding carboxylic acids is 1. The standard InChI is InChI=1S/C16H24N2OS.ClH/c1-2-18(11-13-7-5-9-20-13)16(19)15-10-12-6-3-4-8-14(12)17-15;/h5,7,9,12,14-15,17H,2-4,6,8,10-11H2,1H3;1H. The summed E-state index contributed by atoms with van der Waals surface area (Å²) >= 11 is 1.73. The van der Waals surface area contributed by atoms with Gasteiger partial charge in [-0.3, -0.25) is 4.79 Å². The van der Waals surface area contributed by atoms with Crippen molar-refractivity contribution in [1.82, 2.24) is 10.2 Å². The molecule has 1 aliphatic heterocycles. The number of halogens is 1. The van der Waals surface area contributed by atoms with Gasteiger partial charge in [0.05, 0.1) is 12.6 Å². The minimum Gasteiger partial charge on any atom is -0.336 e. The van der Waals surface area contributed by atoms with Gasteiger partial charge in [0.25, 0.3) is 0 Å². The van der Waals surface area contributed by atoms with Gasteiger partial charge in [-0.25, -0.2) is 0 Å². The van der Waals surface area contributed by atoms with Crippen LogP contribution < -0.4 is 5.32 Å². The molecule has 1 aromatic heterocycles. The maximum Gasteiger partial charge on any atom is 0.240 e. The summed E-state index contributed by atoms with van der Waals surface area (Å²) in [6.45, 7) is 3.64. The monoisotopic (exact) mass is 328 g/mol. The average molecular weight is 329 g/mol. The van der Waals surface area contributed by atoms with Crippen LogP contribution in [0.2, 0.25) is 0 Å². The minimum absolute atomic E-state index is 0. The lowest BCUT2D eigenvalue weighted by molar-refractivity contribution is -0.133. The number of nitrogens with one attached hydrogen (secondary N) is 1. The summed E-state index contributed by atoms with van der Waals surface area (Å²) in [7, 11) is 0. The molecule has 3 atom stereocenters. The van der Waals surface area contributed by atoms with Crippen molar-refractivity contribution in [3.63, 3.8) is 0 Å². The number of nitrogens with zero attached hydrogens (tertiary/aromatic N) is 1. The maximum absolute atomic E-state index is 12.7. The number of hydrogen-bond donors (Lipinski definition) is 1. The molecule has 118 valence electrons. The Morgan fingerprint density at radius 1 is 1.43 bits per heavy atom. The summed E-state index contributed by atoms with van der Waals surface area (Å²) in [4.78, 5) is 16.0. The van der Waals surface area contributed by atoms with E-state index in [0.717, 1.165) is 25.4 Å². The first-order valence-corrected chi connectivity index (χ1v) is 8.73. The zero-order chi connectivity index (χ0) is 13.9. The Hall–Kier alpha value is -0.580. The van der Waals surface area contributed by atoms with Gasteiger partial charge in [-0.2, -0.15) is 0 Å². The van der Waals surface area contributed by atoms with Crippen LogP contribution in [-0.4, -0.2) is 29.4 Å². The molecule has 3 nitrogen and oxygen atoms in total. The fourth-order valence-electron chi connectivity index (χ4n) is 3.67. The number of amides is 1. The van der Waals surface area contributed by atoms with Gasteiger partial charge in [0.2, 0.25) is 5.91 Å². The van der Waals surface area contributed by atoms with E-state index >= 15 is 0 Å². The molecule has 0 bridgehead atoms. The van der Waals surface area contributed by atoms with E-state index in [2.05, 4.69) is 29.8 Å². The highest BCUT2D eigenvalue weighted by Crippen LogP contribution is 2.33. The summed E-state index contributed by atoms with van der Waals surface area (Å²) in [5.41, 5.74) is 0. The van der Waals surface area contributed by atoms with Crippen LogP contribution in [0.25, 0.3) is 0 Å². The molecular formula is C16H25ClN2OS. The highest BCUT2D eigenvalue weighted by molar-refractivity contribution is 7.09. The Labute approximate surface area is 137 Å². The highest BCUT2D eigenvalue weighted by Gasteiger charge is 2.39. The summed E-state index contributed by atoms with van der Waals surface area (Å²) in [6.07, 6.45) is 6.27. The lowest BCUT2D eigenvalue weighted by Gasteiger charge is -2.25. The molecule has 1 saturated carbocycles. The van der Waals surface area contributed by atoms with Crippen LogP contribution in [0.4, 0.5) is 0 Å². The van der Waals surface area contributed by atoms with E-state index in [1.165, 1.54) is 30.6 Å². The van der Waals surface area contributed by atoms with E-state index in [1.54, 1.807) is 11.3 Å². The van der Waals surface area contributed by atoms with Gasteiger partial charge < -0.3 is 10.2 Å². The van der Waals surface area contributed by atoms with E-state index in [9.17, 15) is 4.79 Å². The quantitative estimate of drug-likeness (QED) is 0.918. The van der Waals surface area contributed by atoms with Crippen LogP contribution in [0.15, 0.2) is 17.5 Å². The maximum atomic E-state index is 12.7. The summed E-state index contributed by atoms with van der Waals surface area (Å²) in [5, 5.41) is 5.68. The van der Waals surface area contributed by atoms with Gasteiger partial charge in [-0.1, -0.05) is 18.9 Å². The number of likely N-dealkylation sites (N-methyl/N-ethyl adjacent to an activating group) is 1. The van der Waals surface area contributed by atoms with Crippen molar-refractivity contribution in [2.24, 2.45) is 5.92 Å². The first-order chi connectivity index (χ1) is 9.78. The summed E-state index contributed by atoms with van der Waals surface area (Å²) in [5.74, 6) is 1.04. The van der Waals surface area contributed by atoms with Crippen LogP contribution in [0.3, 0.4) is 0 Å². The van der Waals surface area contributed by atoms with Crippen molar-refractivity contribution in [3.05, 3.63) is 22.4 Å². The van der Waals surface area contributed by atoms with E-state index in [-0.39, 0.29) is 18.4 Å². The second-order valence-corrected chi connectivity index (χ2v) is 7.07. The molecule has 1 aromatic rings. The Kier molecular flexibility index (Phi) is 6.08. The van der Waals surface area contributed by atoms with Gasteiger partial charge in [0.1, 0.15) is 0 Å². The minimum atomic E-state index is 0. The number of thiophene rings is 1. The molecule has 0 radical (unpaired) electrons. The number of carbonyl (C=O) groups is 1. The van der Waals surface area contributed by atoms with Gasteiger partial charge in [0, 0.05) is 17.5 Å². The molecule has 5 heteroatoms. The van der Waals surface area contributed by atoms with Crippen LogP contribution in [0.1, 0.15) is 43.9 Å². The zero-order valence-electron chi connectivity index (χ0n) is 12.6. The third-order valence-electron chi connectivity index (χ3n) is 4.78. The summed E-state index contributed by atoms with van der Waals surface area (Å²) in [6, 6.07) is 4.82. The molecule has 1 aliphatic carbocycles. The van der Waals surface area contributed by atoms with Crippen molar-refractivity contribution in [2.45, 2.75) is 57.7 Å². The van der Waals surface area contributed by atoms with Crippen LogP contribution in [0, 0.1) is 5.92 Å². The molecule has 2 heterocycles. The molecule has 1 N–H and O–H groups in total. The van der Waals surface area contributed by atoms with E-state index in [4.69, 9.17) is 0 Å². The van der Waals surface area contributed by atoms with Gasteiger partial charge >= 0.3 is 0 Å². The molecule has 2 fully saturated rings. The van der Waals surface area contributed by atoms with E-state index in [0.29, 0.717) is 11.9 Å². The van der Waals surface area contributed by atoms with Gasteiger partial charge in [-0.05, 0) is 43.6 Å². The Morgan fingerprint density at radius 2 is 2.24 bits per heavy atom. The number of rotatable bonds is 4. The third-order valence-corrected chi connectivity index (χ3v) is 5.64. The van der Waals surface area contributed by atoms with Crippen molar-refractivity contribution >= 4 is 29.7 Å². The number of hydrogen-bond acceptors (Lipinski definition) is 3.